The second-order valence-electron chi connectivity index (χ2n) is 6.18. The number of nitrogens with zero attached hydrogens (tertiary/aromatic N) is 1. The summed E-state index contributed by atoms with van der Waals surface area (Å²) < 4.78 is 9.97. The molecule has 0 bridgehead atoms. The number of carbonyl (C=O) groups is 4. The third-order valence-electron chi connectivity index (χ3n) is 4.43. The van der Waals surface area contributed by atoms with Gasteiger partial charge in [0.2, 0.25) is 0 Å². The van der Waals surface area contributed by atoms with Gasteiger partial charge in [0.15, 0.2) is 0 Å². The van der Waals surface area contributed by atoms with Gasteiger partial charge in [0.25, 0.3) is 11.8 Å². The van der Waals surface area contributed by atoms with Gasteiger partial charge in [-0.05, 0) is 36.4 Å². The van der Waals surface area contributed by atoms with Gasteiger partial charge < -0.3 is 9.47 Å². The van der Waals surface area contributed by atoms with Gasteiger partial charge in [-0.15, -0.1) is 11.8 Å². The van der Waals surface area contributed by atoms with Crippen LogP contribution in [-0.2, 0) is 14.3 Å². The number of benzene rings is 2. The number of methoxy groups -OCH3 is 1. The monoisotopic (exact) mass is 413 g/mol. The molecule has 0 saturated carbocycles. The molecule has 1 heterocycles. The van der Waals surface area contributed by atoms with Gasteiger partial charge in [0.1, 0.15) is 12.0 Å². The first-order valence-corrected chi connectivity index (χ1v) is 10.0. The van der Waals surface area contributed by atoms with Crippen molar-refractivity contribution in [3.63, 3.8) is 0 Å². The molecule has 0 aliphatic carbocycles. The fraction of sp³-hybridized carbons (Fsp3) is 0.238. The van der Waals surface area contributed by atoms with Crippen LogP contribution in [0.3, 0.4) is 0 Å². The molecule has 0 fully saturated rings. The highest BCUT2D eigenvalue weighted by molar-refractivity contribution is 7.99. The maximum atomic E-state index is 12.6. The molecule has 1 aliphatic heterocycles. The molecular weight excluding hydrogens is 394 g/mol. The van der Waals surface area contributed by atoms with E-state index in [0.29, 0.717) is 11.3 Å². The third kappa shape index (κ3) is 4.48. The zero-order valence-corrected chi connectivity index (χ0v) is 16.5. The molecule has 0 unspecified atom stereocenters. The second-order valence-corrected chi connectivity index (χ2v) is 7.23. The van der Waals surface area contributed by atoms with Crippen LogP contribution < -0.4 is 0 Å². The summed E-state index contributed by atoms with van der Waals surface area (Å²) >= 11 is 1.28. The van der Waals surface area contributed by atoms with Crippen molar-refractivity contribution in [1.29, 1.82) is 0 Å². The highest BCUT2D eigenvalue weighted by Crippen LogP contribution is 2.26. The molecule has 150 valence electrons. The molecule has 8 heteroatoms. The van der Waals surface area contributed by atoms with E-state index in [9.17, 15) is 19.2 Å². The Balaban J connectivity index is 1.57. The van der Waals surface area contributed by atoms with Crippen LogP contribution in [0.2, 0.25) is 0 Å². The SMILES string of the molecule is COC(=O)[C@H](CCSCOC(=O)c1ccccc1)N1C(=O)c2ccccc2C1=O. The minimum atomic E-state index is -1.04. The zero-order valence-electron chi connectivity index (χ0n) is 15.7. The first kappa shape index (κ1) is 20.6. The highest BCUT2D eigenvalue weighted by atomic mass is 32.2. The molecule has 2 aromatic rings. The Kier molecular flexibility index (Phi) is 6.66. The van der Waals surface area contributed by atoms with Crippen LogP contribution >= 0.6 is 11.8 Å². The van der Waals surface area contributed by atoms with Gasteiger partial charge in [-0.25, -0.2) is 9.59 Å². The van der Waals surface area contributed by atoms with E-state index < -0.39 is 29.8 Å². The molecule has 0 spiro atoms. The molecule has 3 rings (SSSR count). The van der Waals surface area contributed by atoms with Crippen LogP contribution in [0.5, 0.6) is 0 Å². The zero-order chi connectivity index (χ0) is 20.8. The number of ether oxygens (including phenoxy) is 2. The summed E-state index contributed by atoms with van der Waals surface area (Å²) in [5.41, 5.74) is 0.998. The molecule has 2 amide bonds. The van der Waals surface area contributed by atoms with E-state index in [-0.39, 0.29) is 23.5 Å². The number of carbonyl (C=O) groups excluding carboxylic acids is 4. The lowest BCUT2D eigenvalue weighted by Crippen LogP contribution is -2.45. The summed E-state index contributed by atoms with van der Waals surface area (Å²) in [7, 11) is 1.21. The summed E-state index contributed by atoms with van der Waals surface area (Å²) in [4.78, 5) is 50.3. The third-order valence-corrected chi connectivity index (χ3v) is 5.24. The molecular formula is C21H19NO6S. The molecule has 1 aliphatic rings. The average Bonchev–Trinajstić information content (AvgIpc) is 3.01. The van der Waals surface area contributed by atoms with E-state index >= 15 is 0 Å². The van der Waals surface area contributed by atoms with Gasteiger partial charge in [0.05, 0.1) is 23.8 Å². The fourth-order valence-electron chi connectivity index (χ4n) is 2.99. The van der Waals surface area contributed by atoms with Crippen molar-refractivity contribution in [3.05, 3.63) is 71.3 Å². The van der Waals surface area contributed by atoms with Crippen molar-refractivity contribution in [3.8, 4) is 0 Å². The van der Waals surface area contributed by atoms with E-state index in [1.54, 1.807) is 54.6 Å². The van der Waals surface area contributed by atoms with E-state index in [1.165, 1.54) is 18.9 Å². The van der Waals surface area contributed by atoms with Crippen molar-refractivity contribution in [2.45, 2.75) is 12.5 Å². The first-order valence-electron chi connectivity index (χ1n) is 8.89. The normalized spacial score (nSPS) is 13.8. The number of amides is 2. The van der Waals surface area contributed by atoms with Gasteiger partial charge >= 0.3 is 11.9 Å². The smallest absolute Gasteiger partial charge is 0.338 e. The van der Waals surface area contributed by atoms with Crippen LogP contribution in [0, 0.1) is 0 Å². The molecule has 1 atom stereocenters. The Morgan fingerprint density at radius 3 is 2.14 bits per heavy atom. The summed E-state index contributed by atoms with van der Waals surface area (Å²) in [6, 6.07) is 14.0. The topological polar surface area (TPSA) is 90.0 Å². The van der Waals surface area contributed by atoms with Crippen molar-refractivity contribution in [2.24, 2.45) is 0 Å². The van der Waals surface area contributed by atoms with Gasteiger partial charge in [-0.1, -0.05) is 30.3 Å². The van der Waals surface area contributed by atoms with Crippen LogP contribution in [0.4, 0.5) is 0 Å². The van der Waals surface area contributed by atoms with Crippen molar-refractivity contribution in [2.75, 3.05) is 18.8 Å². The van der Waals surface area contributed by atoms with Crippen LogP contribution in [-0.4, -0.2) is 53.5 Å². The largest absolute Gasteiger partial charge is 0.467 e. The predicted molar refractivity (Wildman–Crippen MR) is 107 cm³/mol. The Morgan fingerprint density at radius 1 is 0.966 bits per heavy atom. The van der Waals surface area contributed by atoms with Crippen molar-refractivity contribution < 1.29 is 28.7 Å². The lowest BCUT2D eigenvalue weighted by atomic mass is 10.1. The van der Waals surface area contributed by atoms with Gasteiger partial charge in [-0.3, -0.25) is 14.5 Å². The lowest BCUT2D eigenvalue weighted by molar-refractivity contribution is -0.145. The van der Waals surface area contributed by atoms with Gasteiger partial charge in [0, 0.05) is 0 Å². The molecule has 0 radical (unpaired) electrons. The number of hydrogen-bond donors (Lipinski definition) is 0. The molecule has 2 aromatic carbocycles. The Morgan fingerprint density at radius 2 is 1.55 bits per heavy atom. The standard InChI is InChI=1S/C21H19NO6S/c1-27-21(26)17(22-18(23)15-9-5-6-10-16(15)19(22)24)11-12-29-13-28-20(25)14-7-3-2-4-8-14/h2-10,17H,11-13H2,1H3/t17-/m0/s1. The number of rotatable bonds is 8. The molecule has 7 nitrogen and oxygen atoms in total. The van der Waals surface area contributed by atoms with E-state index in [1.807, 2.05) is 0 Å². The predicted octanol–water partition coefficient (Wildman–Crippen LogP) is 2.76. The summed E-state index contributed by atoms with van der Waals surface area (Å²) in [5.74, 6) is -1.66. The first-order chi connectivity index (χ1) is 14.0. The van der Waals surface area contributed by atoms with Gasteiger partial charge in [-0.2, -0.15) is 0 Å². The molecule has 0 saturated heterocycles. The second kappa shape index (κ2) is 9.38. The molecule has 0 N–H and O–H groups in total. The summed E-state index contributed by atoms with van der Waals surface area (Å²) in [5, 5.41) is 0. The summed E-state index contributed by atoms with van der Waals surface area (Å²) in [6.07, 6.45) is 0.186. The van der Waals surface area contributed by atoms with Crippen molar-refractivity contribution in [1.82, 2.24) is 4.90 Å². The number of hydrogen-bond acceptors (Lipinski definition) is 7. The average molecular weight is 413 g/mol. The van der Waals surface area contributed by atoms with Crippen LogP contribution in [0.1, 0.15) is 37.5 Å². The van der Waals surface area contributed by atoms with Crippen LogP contribution in [0.15, 0.2) is 54.6 Å². The van der Waals surface area contributed by atoms with E-state index in [0.717, 1.165) is 4.90 Å². The molecule has 29 heavy (non-hydrogen) atoms. The highest BCUT2D eigenvalue weighted by Gasteiger charge is 2.42. The minimum Gasteiger partial charge on any atom is -0.467 e. The maximum absolute atomic E-state index is 12.6. The van der Waals surface area contributed by atoms with Crippen molar-refractivity contribution >= 4 is 35.5 Å². The Hall–Kier alpha value is -3.13. The number of imide groups is 1. The van der Waals surface area contributed by atoms with E-state index in [2.05, 4.69) is 0 Å². The quantitative estimate of drug-likeness (QED) is 0.284. The number of thioether (sulfide) groups is 1. The summed E-state index contributed by atoms with van der Waals surface area (Å²) in [6.45, 7) is 0. The number of esters is 2. The Bertz CT molecular complexity index is 895. The molecule has 0 aromatic heterocycles. The van der Waals surface area contributed by atoms with E-state index in [4.69, 9.17) is 9.47 Å². The maximum Gasteiger partial charge on any atom is 0.338 e. The fourth-order valence-corrected chi connectivity index (χ4v) is 3.68. The minimum absolute atomic E-state index is 0.0870. The Labute approximate surface area is 172 Å². The van der Waals surface area contributed by atoms with Crippen LogP contribution in [0.25, 0.3) is 0 Å². The lowest BCUT2D eigenvalue weighted by Gasteiger charge is -2.23. The number of fused-ring (bicyclic) bond motifs is 1.